The lowest BCUT2D eigenvalue weighted by atomic mass is 10.1. The van der Waals surface area contributed by atoms with Gasteiger partial charge in [-0.2, -0.15) is 5.10 Å². The quantitative estimate of drug-likeness (QED) is 0.732. The largest absolute Gasteiger partial charge is 0.315 e. The molecule has 4 nitrogen and oxygen atoms in total. The molecule has 0 aliphatic carbocycles. The van der Waals surface area contributed by atoms with Crippen LogP contribution in [0.5, 0.6) is 0 Å². The molecular weight excluding hydrogens is 214 g/mol. The summed E-state index contributed by atoms with van der Waals surface area (Å²) < 4.78 is 1.52. The van der Waals surface area contributed by atoms with Crippen LogP contribution in [0.15, 0.2) is 16.9 Å². The van der Waals surface area contributed by atoms with Crippen molar-refractivity contribution in [3.05, 3.63) is 28.2 Å². The summed E-state index contributed by atoms with van der Waals surface area (Å²) >= 11 is 0. The molecule has 0 bridgehead atoms. The van der Waals surface area contributed by atoms with Crippen LogP contribution in [0.4, 0.5) is 0 Å². The van der Waals surface area contributed by atoms with E-state index in [9.17, 15) is 4.79 Å². The molecular formula is C13H23N3O. The molecule has 1 N–H and O–H groups in total. The second kappa shape index (κ2) is 7.22. The van der Waals surface area contributed by atoms with Gasteiger partial charge >= 0.3 is 0 Å². The summed E-state index contributed by atoms with van der Waals surface area (Å²) in [7, 11) is 0. The maximum atomic E-state index is 11.5. The molecule has 0 unspecified atom stereocenters. The van der Waals surface area contributed by atoms with E-state index in [1.165, 1.54) is 17.5 Å². The Hall–Kier alpha value is -1.16. The molecule has 0 atom stereocenters. The number of aryl methyl sites for hydroxylation is 1. The molecule has 0 aliphatic heterocycles. The number of nitrogens with one attached hydrogen (secondary N) is 1. The van der Waals surface area contributed by atoms with E-state index < -0.39 is 0 Å². The first-order valence-electron chi connectivity index (χ1n) is 6.35. The zero-order valence-electron chi connectivity index (χ0n) is 11.1. The fourth-order valence-electron chi connectivity index (χ4n) is 1.66. The lowest BCUT2D eigenvalue weighted by Gasteiger charge is -2.08. The molecule has 0 radical (unpaired) electrons. The van der Waals surface area contributed by atoms with Gasteiger partial charge in [-0.1, -0.05) is 13.8 Å². The van der Waals surface area contributed by atoms with E-state index in [0.29, 0.717) is 6.54 Å². The van der Waals surface area contributed by atoms with Gasteiger partial charge in [-0.3, -0.25) is 4.79 Å². The SMILES string of the molecule is Cc1ccc(=O)n(CCNCCCC(C)C)n1. The topological polar surface area (TPSA) is 46.9 Å². The van der Waals surface area contributed by atoms with Crippen LogP contribution in [0.25, 0.3) is 0 Å². The first kappa shape index (κ1) is 13.9. The average Bonchev–Trinajstić information content (AvgIpc) is 2.27. The van der Waals surface area contributed by atoms with E-state index in [1.807, 2.05) is 6.92 Å². The highest BCUT2D eigenvalue weighted by atomic mass is 16.1. The summed E-state index contributed by atoms with van der Waals surface area (Å²) in [6, 6.07) is 3.32. The van der Waals surface area contributed by atoms with E-state index in [-0.39, 0.29) is 5.56 Å². The third-order valence-corrected chi connectivity index (χ3v) is 2.64. The second-order valence-electron chi connectivity index (χ2n) is 4.82. The van der Waals surface area contributed by atoms with Crippen LogP contribution < -0.4 is 10.9 Å². The molecule has 0 fully saturated rings. The van der Waals surface area contributed by atoms with Crippen LogP contribution >= 0.6 is 0 Å². The molecule has 0 aliphatic rings. The van der Waals surface area contributed by atoms with Gasteiger partial charge in [0.15, 0.2) is 0 Å². The fraction of sp³-hybridized carbons (Fsp3) is 0.692. The summed E-state index contributed by atoms with van der Waals surface area (Å²) in [6.07, 6.45) is 2.43. The number of hydrogen-bond donors (Lipinski definition) is 1. The van der Waals surface area contributed by atoms with Gasteiger partial charge in [0.05, 0.1) is 12.2 Å². The van der Waals surface area contributed by atoms with Crippen molar-refractivity contribution in [2.24, 2.45) is 5.92 Å². The van der Waals surface area contributed by atoms with Gasteiger partial charge < -0.3 is 5.32 Å². The van der Waals surface area contributed by atoms with Crippen LogP contribution in [-0.4, -0.2) is 22.9 Å². The van der Waals surface area contributed by atoms with Crippen molar-refractivity contribution in [3.63, 3.8) is 0 Å². The van der Waals surface area contributed by atoms with Crippen LogP contribution in [-0.2, 0) is 6.54 Å². The van der Waals surface area contributed by atoms with Crippen molar-refractivity contribution in [2.75, 3.05) is 13.1 Å². The van der Waals surface area contributed by atoms with E-state index in [2.05, 4.69) is 24.3 Å². The van der Waals surface area contributed by atoms with E-state index in [0.717, 1.165) is 24.7 Å². The molecule has 0 amide bonds. The van der Waals surface area contributed by atoms with E-state index in [1.54, 1.807) is 12.1 Å². The van der Waals surface area contributed by atoms with Crippen LogP contribution in [0, 0.1) is 12.8 Å². The highest BCUT2D eigenvalue weighted by molar-refractivity contribution is 4.96. The lowest BCUT2D eigenvalue weighted by Crippen LogP contribution is -2.29. The Labute approximate surface area is 103 Å². The minimum atomic E-state index is -0.0282. The molecule has 96 valence electrons. The summed E-state index contributed by atoms with van der Waals surface area (Å²) in [6.45, 7) is 8.81. The molecule has 0 aromatic carbocycles. The molecule has 1 heterocycles. The smallest absolute Gasteiger partial charge is 0.266 e. The van der Waals surface area contributed by atoms with Crippen molar-refractivity contribution in [2.45, 2.75) is 40.2 Å². The molecule has 0 saturated carbocycles. The van der Waals surface area contributed by atoms with Gasteiger partial charge in [-0.15, -0.1) is 0 Å². The number of hydrogen-bond acceptors (Lipinski definition) is 3. The van der Waals surface area contributed by atoms with Crippen LogP contribution in [0.2, 0.25) is 0 Å². The Morgan fingerprint density at radius 1 is 1.35 bits per heavy atom. The third-order valence-electron chi connectivity index (χ3n) is 2.64. The number of aromatic nitrogens is 2. The fourth-order valence-corrected chi connectivity index (χ4v) is 1.66. The van der Waals surface area contributed by atoms with Gasteiger partial charge in [0, 0.05) is 12.6 Å². The highest BCUT2D eigenvalue weighted by Gasteiger charge is 1.97. The molecule has 0 spiro atoms. The third kappa shape index (κ3) is 5.63. The van der Waals surface area contributed by atoms with Crippen molar-refractivity contribution >= 4 is 0 Å². The minimum absolute atomic E-state index is 0.0282. The monoisotopic (exact) mass is 237 g/mol. The predicted octanol–water partition coefficient (Wildman–Crippen LogP) is 1.58. The second-order valence-corrected chi connectivity index (χ2v) is 4.82. The first-order chi connectivity index (χ1) is 8.09. The highest BCUT2D eigenvalue weighted by Crippen LogP contribution is 2.01. The minimum Gasteiger partial charge on any atom is -0.315 e. The Balaban J connectivity index is 2.22. The van der Waals surface area contributed by atoms with Crippen molar-refractivity contribution in [1.29, 1.82) is 0 Å². The zero-order chi connectivity index (χ0) is 12.7. The Kier molecular flexibility index (Phi) is 5.91. The Bertz CT molecular complexity index is 384. The van der Waals surface area contributed by atoms with Crippen molar-refractivity contribution < 1.29 is 0 Å². The van der Waals surface area contributed by atoms with Crippen LogP contribution in [0.1, 0.15) is 32.4 Å². The maximum Gasteiger partial charge on any atom is 0.266 e. The number of rotatable bonds is 7. The van der Waals surface area contributed by atoms with E-state index in [4.69, 9.17) is 0 Å². The van der Waals surface area contributed by atoms with Gasteiger partial charge in [0.25, 0.3) is 5.56 Å². The zero-order valence-corrected chi connectivity index (χ0v) is 11.1. The Morgan fingerprint density at radius 3 is 2.82 bits per heavy atom. The Morgan fingerprint density at radius 2 is 2.12 bits per heavy atom. The molecule has 1 rings (SSSR count). The predicted molar refractivity (Wildman–Crippen MR) is 70.2 cm³/mol. The molecule has 17 heavy (non-hydrogen) atoms. The standard InChI is InChI=1S/C13H23N3O/c1-11(2)5-4-8-14-9-10-16-13(17)7-6-12(3)15-16/h6-7,11,14H,4-5,8-10H2,1-3H3. The normalized spacial score (nSPS) is 11.1. The van der Waals surface area contributed by atoms with E-state index >= 15 is 0 Å². The first-order valence-corrected chi connectivity index (χ1v) is 6.35. The van der Waals surface area contributed by atoms with Gasteiger partial charge in [-0.25, -0.2) is 4.68 Å². The van der Waals surface area contributed by atoms with Crippen molar-refractivity contribution in [1.82, 2.24) is 15.1 Å². The van der Waals surface area contributed by atoms with Gasteiger partial charge in [0.1, 0.15) is 0 Å². The summed E-state index contributed by atoms with van der Waals surface area (Å²) in [5, 5.41) is 7.52. The average molecular weight is 237 g/mol. The summed E-state index contributed by atoms with van der Waals surface area (Å²) in [4.78, 5) is 11.5. The summed E-state index contributed by atoms with van der Waals surface area (Å²) in [5.74, 6) is 0.762. The molecule has 1 aromatic heterocycles. The van der Waals surface area contributed by atoms with Gasteiger partial charge in [-0.05, 0) is 38.3 Å². The molecule has 1 aromatic rings. The van der Waals surface area contributed by atoms with Crippen molar-refractivity contribution in [3.8, 4) is 0 Å². The summed E-state index contributed by atoms with van der Waals surface area (Å²) in [5.41, 5.74) is 0.851. The lowest BCUT2D eigenvalue weighted by molar-refractivity contribution is 0.494. The molecule has 0 saturated heterocycles. The molecule has 4 heteroatoms. The maximum absolute atomic E-state index is 11.5. The number of nitrogens with zero attached hydrogens (tertiary/aromatic N) is 2. The van der Waals surface area contributed by atoms with Gasteiger partial charge in [0.2, 0.25) is 0 Å². The van der Waals surface area contributed by atoms with Crippen LogP contribution in [0.3, 0.4) is 0 Å².